The molecule has 0 heterocycles. The van der Waals surface area contributed by atoms with Crippen LogP contribution in [0.15, 0.2) is 48.5 Å². The van der Waals surface area contributed by atoms with Crippen LogP contribution < -0.4 is 5.32 Å². The fraction of sp³-hybridized carbons (Fsp3) is 0.263. The van der Waals surface area contributed by atoms with E-state index in [1.807, 2.05) is 37.3 Å². The maximum Gasteiger partial charge on any atom is 0.254 e. The maximum atomic E-state index is 13.6. The Bertz CT molecular complexity index is 735. The summed E-state index contributed by atoms with van der Waals surface area (Å²) in [5, 5.41) is 2.39. The summed E-state index contributed by atoms with van der Waals surface area (Å²) in [6.45, 7) is 2.70. The standard InChI is InChI=1S/C19H20F2N2O2/c1-2-10-23(13-14-6-4-3-5-7-14)18(24)12-22-19(25)16-9-8-15(20)11-17(16)21/h3-9,11H,2,10,12-13H2,1H3,(H,22,25). The maximum absolute atomic E-state index is 13.6. The third kappa shape index (κ3) is 5.38. The van der Waals surface area contributed by atoms with Crippen LogP contribution >= 0.6 is 0 Å². The van der Waals surface area contributed by atoms with E-state index < -0.39 is 17.5 Å². The first-order chi connectivity index (χ1) is 12.0. The van der Waals surface area contributed by atoms with Gasteiger partial charge in [-0.25, -0.2) is 8.78 Å². The topological polar surface area (TPSA) is 49.4 Å². The van der Waals surface area contributed by atoms with Crippen LogP contribution in [0.5, 0.6) is 0 Å². The van der Waals surface area contributed by atoms with Crippen molar-refractivity contribution in [1.82, 2.24) is 10.2 Å². The zero-order valence-electron chi connectivity index (χ0n) is 14.0. The van der Waals surface area contributed by atoms with Gasteiger partial charge in [0.2, 0.25) is 5.91 Å². The van der Waals surface area contributed by atoms with E-state index >= 15 is 0 Å². The molecule has 0 spiro atoms. The predicted molar refractivity (Wildman–Crippen MR) is 90.8 cm³/mol. The number of benzene rings is 2. The minimum absolute atomic E-state index is 0.248. The SMILES string of the molecule is CCCN(Cc1ccccc1)C(=O)CNC(=O)c1ccc(F)cc1F. The molecule has 25 heavy (non-hydrogen) atoms. The van der Waals surface area contributed by atoms with Crippen molar-refractivity contribution in [2.75, 3.05) is 13.1 Å². The lowest BCUT2D eigenvalue weighted by Gasteiger charge is -2.22. The van der Waals surface area contributed by atoms with Crippen molar-refractivity contribution in [1.29, 1.82) is 0 Å². The van der Waals surface area contributed by atoms with Gasteiger partial charge in [0.15, 0.2) is 0 Å². The smallest absolute Gasteiger partial charge is 0.254 e. The minimum Gasteiger partial charge on any atom is -0.343 e. The highest BCUT2D eigenvalue weighted by Crippen LogP contribution is 2.09. The van der Waals surface area contributed by atoms with Gasteiger partial charge in [-0.15, -0.1) is 0 Å². The zero-order chi connectivity index (χ0) is 18.2. The van der Waals surface area contributed by atoms with Crippen LogP contribution in [0, 0.1) is 11.6 Å². The summed E-state index contributed by atoms with van der Waals surface area (Å²) in [5.41, 5.74) is 0.694. The largest absolute Gasteiger partial charge is 0.343 e. The Morgan fingerprint density at radius 3 is 2.44 bits per heavy atom. The second-order valence-corrected chi connectivity index (χ2v) is 5.61. The summed E-state index contributed by atoms with van der Waals surface area (Å²) in [6, 6.07) is 12.2. The molecule has 0 aromatic heterocycles. The lowest BCUT2D eigenvalue weighted by atomic mass is 10.2. The lowest BCUT2D eigenvalue weighted by molar-refractivity contribution is -0.130. The molecule has 2 aromatic rings. The molecule has 2 amide bonds. The quantitative estimate of drug-likeness (QED) is 0.837. The van der Waals surface area contributed by atoms with Crippen molar-refractivity contribution >= 4 is 11.8 Å². The molecule has 2 aromatic carbocycles. The summed E-state index contributed by atoms with van der Waals surface area (Å²) in [5.74, 6) is -2.73. The van der Waals surface area contributed by atoms with Crippen LogP contribution in [0.25, 0.3) is 0 Å². The van der Waals surface area contributed by atoms with E-state index in [9.17, 15) is 18.4 Å². The first kappa shape index (κ1) is 18.6. The first-order valence-corrected chi connectivity index (χ1v) is 8.06. The van der Waals surface area contributed by atoms with Gasteiger partial charge in [-0.1, -0.05) is 37.3 Å². The molecule has 0 saturated carbocycles. The van der Waals surface area contributed by atoms with Crippen molar-refractivity contribution in [3.05, 3.63) is 71.3 Å². The molecule has 0 radical (unpaired) electrons. The average molecular weight is 346 g/mol. The van der Waals surface area contributed by atoms with Crippen LogP contribution in [-0.2, 0) is 11.3 Å². The fourth-order valence-electron chi connectivity index (χ4n) is 2.40. The highest BCUT2D eigenvalue weighted by atomic mass is 19.1. The van der Waals surface area contributed by atoms with Gasteiger partial charge in [-0.3, -0.25) is 9.59 Å². The summed E-state index contributed by atoms with van der Waals surface area (Å²) in [4.78, 5) is 26.0. The van der Waals surface area contributed by atoms with Crippen LogP contribution in [-0.4, -0.2) is 29.8 Å². The number of carbonyl (C=O) groups excluding carboxylic acids is 2. The Balaban J connectivity index is 1.97. The minimum atomic E-state index is -0.959. The summed E-state index contributed by atoms with van der Waals surface area (Å²) < 4.78 is 26.5. The van der Waals surface area contributed by atoms with Gasteiger partial charge < -0.3 is 10.2 Å². The Kier molecular flexibility index (Phi) is 6.62. The number of rotatable bonds is 7. The molecule has 0 atom stereocenters. The highest BCUT2D eigenvalue weighted by Gasteiger charge is 2.17. The van der Waals surface area contributed by atoms with Gasteiger partial charge in [0.05, 0.1) is 12.1 Å². The van der Waals surface area contributed by atoms with Gasteiger partial charge in [-0.05, 0) is 24.1 Å². The number of carbonyl (C=O) groups is 2. The highest BCUT2D eigenvalue weighted by molar-refractivity contribution is 5.96. The Hall–Kier alpha value is -2.76. The van der Waals surface area contributed by atoms with Gasteiger partial charge in [0.25, 0.3) is 5.91 Å². The number of hydrogen-bond acceptors (Lipinski definition) is 2. The van der Waals surface area contributed by atoms with Gasteiger partial charge in [0, 0.05) is 19.2 Å². The Labute approximate surface area is 145 Å². The van der Waals surface area contributed by atoms with Crippen molar-refractivity contribution in [3.63, 3.8) is 0 Å². The van der Waals surface area contributed by atoms with E-state index in [1.165, 1.54) is 0 Å². The second kappa shape index (κ2) is 8.92. The van der Waals surface area contributed by atoms with Gasteiger partial charge in [0.1, 0.15) is 11.6 Å². The van der Waals surface area contributed by atoms with E-state index in [-0.39, 0.29) is 18.0 Å². The zero-order valence-corrected chi connectivity index (χ0v) is 14.0. The molecule has 132 valence electrons. The molecular weight excluding hydrogens is 326 g/mol. The summed E-state index contributed by atoms with van der Waals surface area (Å²) in [7, 11) is 0. The number of hydrogen-bond donors (Lipinski definition) is 1. The molecule has 2 rings (SSSR count). The van der Waals surface area contributed by atoms with E-state index in [2.05, 4.69) is 5.32 Å². The van der Waals surface area contributed by atoms with Crippen LogP contribution in [0.2, 0.25) is 0 Å². The first-order valence-electron chi connectivity index (χ1n) is 8.06. The second-order valence-electron chi connectivity index (χ2n) is 5.61. The van der Waals surface area contributed by atoms with Crippen LogP contribution in [0.1, 0.15) is 29.3 Å². The van der Waals surface area contributed by atoms with Crippen molar-refractivity contribution in [2.24, 2.45) is 0 Å². The number of amides is 2. The normalized spacial score (nSPS) is 10.4. The summed E-state index contributed by atoms with van der Waals surface area (Å²) >= 11 is 0. The average Bonchev–Trinajstić information content (AvgIpc) is 2.60. The molecule has 0 aliphatic carbocycles. The molecule has 0 saturated heterocycles. The summed E-state index contributed by atoms with van der Waals surface area (Å²) in [6.07, 6.45) is 0.777. The van der Waals surface area contributed by atoms with Crippen LogP contribution in [0.4, 0.5) is 8.78 Å². The van der Waals surface area contributed by atoms with Crippen molar-refractivity contribution < 1.29 is 18.4 Å². The third-order valence-electron chi connectivity index (χ3n) is 3.64. The molecule has 0 bridgehead atoms. The predicted octanol–water partition coefficient (Wildman–Crippen LogP) is 3.13. The third-order valence-corrected chi connectivity index (χ3v) is 3.64. The van der Waals surface area contributed by atoms with Crippen molar-refractivity contribution in [3.8, 4) is 0 Å². The van der Waals surface area contributed by atoms with E-state index in [4.69, 9.17) is 0 Å². The molecular formula is C19H20F2N2O2. The number of halogens is 2. The molecule has 6 heteroatoms. The van der Waals surface area contributed by atoms with E-state index in [0.29, 0.717) is 19.2 Å². The molecule has 0 aliphatic rings. The number of nitrogens with one attached hydrogen (secondary N) is 1. The van der Waals surface area contributed by atoms with Crippen molar-refractivity contribution in [2.45, 2.75) is 19.9 Å². The number of nitrogens with zero attached hydrogens (tertiary/aromatic N) is 1. The van der Waals surface area contributed by atoms with Gasteiger partial charge >= 0.3 is 0 Å². The Morgan fingerprint density at radius 1 is 1.08 bits per heavy atom. The van der Waals surface area contributed by atoms with E-state index in [0.717, 1.165) is 24.1 Å². The Morgan fingerprint density at radius 2 is 1.80 bits per heavy atom. The molecule has 1 N–H and O–H groups in total. The molecule has 0 unspecified atom stereocenters. The lowest BCUT2D eigenvalue weighted by Crippen LogP contribution is -2.40. The molecule has 4 nitrogen and oxygen atoms in total. The molecule has 0 aliphatic heterocycles. The fourth-order valence-corrected chi connectivity index (χ4v) is 2.40. The van der Waals surface area contributed by atoms with E-state index in [1.54, 1.807) is 4.90 Å². The van der Waals surface area contributed by atoms with Crippen LogP contribution in [0.3, 0.4) is 0 Å². The monoisotopic (exact) mass is 346 g/mol. The van der Waals surface area contributed by atoms with Gasteiger partial charge in [-0.2, -0.15) is 0 Å². The molecule has 0 fully saturated rings.